The summed E-state index contributed by atoms with van der Waals surface area (Å²) in [6, 6.07) is 12.2. The molecular formula is C17H14F2N8S2. The molecule has 2 aromatic heterocycles. The summed E-state index contributed by atoms with van der Waals surface area (Å²) < 4.78 is 29.9. The molecule has 0 aliphatic rings. The summed E-state index contributed by atoms with van der Waals surface area (Å²) in [7, 11) is 0. The molecule has 0 aliphatic heterocycles. The van der Waals surface area contributed by atoms with Gasteiger partial charge in [0.15, 0.2) is 0 Å². The standard InChI is InChI=1S/C17H14F2N8S2/c18-12-4-1-6-14(10-12)26-16(20-22-24-26)28-8-3-9-29-17-21-23-25-27(17)15-7-2-5-13(19)11-15/h1-2,4-7,10-11H,3,8-9H2. The smallest absolute Gasteiger partial charge is 0.207 e. The van der Waals surface area contributed by atoms with Gasteiger partial charge in [0.2, 0.25) is 10.3 Å². The Morgan fingerprint density at radius 1 is 0.724 bits per heavy atom. The van der Waals surface area contributed by atoms with E-state index >= 15 is 0 Å². The van der Waals surface area contributed by atoms with Gasteiger partial charge in [-0.1, -0.05) is 35.7 Å². The molecule has 0 saturated carbocycles. The lowest BCUT2D eigenvalue weighted by Crippen LogP contribution is -2.01. The Morgan fingerprint density at radius 2 is 1.21 bits per heavy atom. The number of nitrogens with zero attached hydrogens (tertiary/aromatic N) is 8. The van der Waals surface area contributed by atoms with Crippen LogP contribution in [-0.4, -0.2) is 51.9 Å². The number of benzene rings is 2. The third-order valence-corrected chi connectivity index (χ3v) is 5.75. The number of hydrogen-bond acceptors (Lipinski definition) is 8. The summed E-state index contributed by atoms with van der Waals surface area (Å²) in [5.74, 6) is 0.816. The Morgan fingerprint density at radius 3 is 1.66 bits per heavy atom. The summed E-state index contributed by atoms with van der Waals surface area (Å²) in [4.78, 5) is 0. The maximum atomic E-state index is 13.4. The minimum absolute atomic E-state index is 0.346. The topological polar surface area (TPSA) is 87.2 Å². The third kappa shape index (κ3) is 4.77. The van der Waals surface area contributed by atoms with E-state index in [1.165, 1.54) is 57.2 Å². The van der Waals surface area contributed by atoms with Crippen LogP contribution in [0.2, 0.25) is 0 Å². The zero-order valence-electron chi connectivity index (χ0n) is 14.9. The third-order valence-electron chi connectivity index (χ3n) is 3.74. The molecule has 0 fully saturated rings. The summed E-state index contributed by atoms with van der Waals surface area (Å²) in [5.41, 5.74) is 1.14. The number of tetrazole rings is 2. The molecule has 8 nitrogen and oxygen atoms in total. The van der Waals surface area contributed by atoms with Gasteiger partial charge in [0.25, 0.3) is 0 Å². The van der Waals surface area contributed by atoms with E-state index in [0.717, 1.165) is 17.9 Å². The number of hydrogen-bond donors (Lipinski definition) is 0. The highest BCUT2D eigenvalue weighted by molar-refractivity contribution is 8.00. The van der Waals surface area contributed by atoms with Gasteiger partial charge in [0, 0.05) is 11.5 Å². The summed E-state index contributed by atoms with van der Waals surface area (Å²) in [6.07, 6.45) is 0.835. The van der Waals surface area contributed by atoms with Crippen molar-refractivity contribution in [2.75, 3.05) is 11.5 Å². The van der Waals surface area contributed by atoms with Crippen LogP contribution in [0.1, 0.15) is 6.42 Å². The van der Waals surface area contributed by atoms with Gasteiger partial charge in [-0.25, -0.2) is 8.78 Å². The van der Waals surface area contributed by atoms with E-state index in [2.05, 4.69) is 31.1 Å². The molecule has 2 heterocycles. The molecule has 0 saturated heterocycles. The zero-order valence-corrected chi connectivity index (χ0v) is 16.5. The Labute approximate surface area is 172 Å². The van der Waals surface area contributed by atoms with E-state index in [1.807, 2.05) is 0 Å². The van der Waals surface area contributed by atoms with Gasteiger partial charge >= 0.3 is 0 Å². The quantitative estimate of drug-likeness (QED) is 0.310. The van der Waals surface area contributed by atoms with Crippen LogP contribution >= 0.6 is 23.5 Å². The van der Waals surface area contributed by atoms with Crippen molar-refractivity contribution in [3.8, 4) is 11.4 Å². The van der Waals surface area contributed by atoms with Gasteiger partial charge in [-0.3, -0.25) is 0 Å². The minimum atomic E-state index is -0.346. The maximum Gasteiger partial charge on any atom is 0.214 e. The second-order valence-corrected chi connectivity index (χ2v) is 7.88. The molecule has 29 heavy (non-hydrogen) atoms. The van der Waals surface area contributed by atoms with Gasteiger partial charge in [-0.15, -0.1) is 10.2 Å². The second kappa shape index (κ2) is 9.09. The van der Waals surface area contributed by atoms with Crippen LogP contribution in [0.5, 0.6) is 0 Å². The first-order valence-electron chi connectivity index (χ1n) is 8.55. The van der Waals surface area contributed by atoms with Crippen LogP contribution < -0.4 is 0 Å². The highest BCUT2D eigenvalue weighted by Gasteiger charge is 2.11. The molecule has 0 spiro atoms. The summed E-state index contributed by atoms with van der Waals surface area (Å²) >= 11 is 2.95. The number of thioether (sulfide) groups is 2. The fraction of sp³-hybridized carbons (Fsp3) is 0.176. The lowest BCUT2D eigenvalue weighted by molar-refractivity contribution is 0.622. The minimum Gasteiger partial charge on any atom is -0.207 e. The molecule has 0 atom stereocenters. The molecule has 148 valence electrons. The van der Waals surface area contributed by atoms with Gasteiger partial charge in [-0.05, 0) is 63.7 Å². The van der Waals surface area contributed by atoms with Crippen molar-refractivity contribution in [3.05, 3.63) is 60.2 Å². The zero-order chi connectivity index (χ0) is 20.1. The normalized spacial score (nSPS) is 11.1. The van der Waals surface area contributed by atoms with Crippen molar-refractivity contribution in [2.24, 2.45) is 0 Å². The van der Waals surface area contributed by atoms with E-state index in [1.54, 1.807) is 24.3 Å². The molecule has 0 N–H and O–H groups in total. The Hall–Kier alpha value is -2.86. The van der Waals surface area contributed by atoms with Crippen molar-refractivity contribution in [2.45, 2.75) is 16.7 Å². The van der Waals surface area contributed by atoms with Gasteiger partial charge in [-0.2, -0.15) is 9.36 Å². The van der Waals surface area contributed by atoms with Crippen LogP contribution in [0.4, 0.5) is 8.78 Å². The highest BCUT2D eigenvalue weighted by atomic mass is 32.2. The average molecular weight is 432 g/mol. The summed E-state index contributed by atoms with van der Waals surface area (Å²) in [5, 5.41) is 24.4. The molecule has 0 unspecified atom stereocenters. The van der Waals surface area contributed by atoms with Crippen LogP contribution in [0.15, 0.2) is 58.8 Å². The first-order chi connectivity index (χ1) is 14.2. The van der Waals surface area contributed by atoms with E-state index in [4.69, 9.17) is 0 Å². The molecule has 0 aliphatic carbocycles. The van der Waals surface area contributed by atoms with Crippen molar-refractivity contribution in [1.82, 2.24) is 40.4 Å². The second-order valence-electron chi connectivity index (χ2n) is 5.76. The molecule has 4 rings (SSSR count). The summed E-state index contributed by atoms with van der Waals surface area (Å²) in [6.45, 7) is 0. The first-order valence-corrected chi connectivity index (χ1v) is 10.5. The number of aromatic nitrogens is 8. The number of rotatable bonds is 8. The Balaban J connectivity index is 1.31. The van der Waals surface area contributed by atoms with Crippen molar-refractivity contribution in [1.29, 1.82) is 0 Å². The lowest BCUT2D eigenvalue weighted by Gasteiger charge is -2.05. The Kier molecular flexibility index (Phi) is 6.10. The largest absolute Gasteiger partial charge is 0.214 e. The molecule has 4 aromatic rings. The van der Waals surface area contributed by atoms with Crippen LogP contribution in [0, 0.1) is 11.6 Å². The fourth-order valence-corrected chi connectivity index (χ4v) is 4.31. The molecule has 0 bridgehead atoms. The lowest BCUT2D eigenvalue weighted by atomic mass is 10.3. The SMILES string of the molecule is Fc1cccc(-n2nnnc2SCCCSc2nnnn2-c2cccc(F)c2)c1. The molecule has 0 amide bonds. The average Bonchev–Trinajstić information content (AvgIpc) is 3.37. The predicted octanol–water partition coefficient (Wildman–Crippen LogP) is 3.19. The molecular weight excluding hydrogens is 418 g/mol. The highest BCUT2D eigenvalue weighted by Crippen LogP contribution is 2.23. The fourth-order valence-electron chi connectivity index (χ4n) is 2.46. The van der Waals surface area contributed by atoms with Gasteiger partial charge < -0.3 is 0 Å². The van der Waals surface area contributed by atoms with Crippen LogP contribution in [0.3, 0.4) is 0 Å². The van der Waals surface area contributed by atoms with Gasteiger partial charge in [0.1, 0.15) is 11.6 Å². The van der Waals surface area contributed by atoms with Crippen LogP contribution in [0.25, 0.3) is 11.4 Å². The van der Waals surface area contributed by atoms with E-state index in [-0.39, 0.29) is 11.6 Å². The first kappa shape index (κ1) is 19.5. The number of halogens is 2. The molecule has 0 radical (unpaired) electrons. The van der Waals surface area contributed by atoms with Crippen molar-refractivity contribution >= 4 is 23.5 Å². The van der Waals surface area contributed by atoms with E-state index in [0.29, 0.717) is 21.7 Å². The Bertz CT molecular complexity index is 1010. The van der Waals surface area contributed by atoms with Crippen molar-refractivity contribution in [3.63, 3.8) is 0 Å². The monoisotopic (exact) mass is 432 g/mol. The van der Waals surface area contributed by atoms with E-state index in [9.17, 15) is 8.78 Å². The molecule has 12 heteroatoms. The van der Waals surface area contributed by atoms with E-state index < -0.39 is 0 Å². The van der Waals surface area contributed by atoms with Gasteiger partial charge in [0.05, 0.1) is 11.4 Å². The van der Waals surface area contributed by atoms with Crippen LogP contribution in [-0.2, 0) is 0 Å². The predicted molar refractivity (Wildman–Crippen MR) is 104 cm³/mol. The molecule has 2 aromatic carbocycles. The van der Waals surface area contributed by atoms with Crippen molar-refractivity contribution < 1.29 is 8.78 Å². The maximum absolute atomic E-state index is 13.4.